The number of hydrogen-bond acceptors (Lipinski definition) is 4. The maximum Gasteiger partial charge on any atom is 0.216 e. The van der Waals surface area contributed by atoms with Gasteiger partial charge >= 0.3 is 0 Å². The number of benzene rings is 1. The average molecular weight is 393 g/mol. The third kappa shape index (κ3) is 3.03. The van der Waals surface area contributed by atoms with Crippen LogP contribution in [0.4, 0.5) is 0 Å². The summed E-state index contributed by atoms with van der Waals surface area (Å²) >= 11 is 18.0. The lowest BCUT2D eigenvalue weighted by molar-refractivity contribution is 0.772. The lowest BCUT2D eigenvalue weighted by Gasteiger charge is -2.04. The second-order valence-electron chi connectivity index (χ2n) is 5.87. The van der Waals surface area contributed by atoms with Crippen molar-refractivity contribution >= 4 is 41.6 Å². The smallest absolute Gasteiger partial charge is 0.216 e. The van der Waals surface area contributed by atoms with Gasteiger partial charge in [-0.15, -0.1) is 0 Å². The summed E-state index contributed by atoms with van der Waals surface area (Å²) in [6.45, 7) is 1.87. The van der Waals surface area contributed by atoms with Crippen molar-refractivity contribution in [2.24, 2.45) is 5.10 Å². The summed E-state index contributed by atoms with van der Waals surface area (Å²) in [5, 5.41) is 17.0. The molecule has 0 unspecified atom stereocenters. The number of aromatic amines is 1. The molecule has 1 aromatic carbocycles. The molecule has 0 spiro atoms. The van der Waals surface area contributed by atoms with Gasteiger partial charge in [-0.1, -0.05) is 35.3 Å². The first-order valence-corrected chi connectivity index (χ1v) is 8.94. The standard InChI is InChI=1S/C16H14Cl2N6S/c1-9-11(8-19-24-15(10-6-7-10)20-21-16(24)25)14(18)23(22-9)13-5-3-2-4-12(13)17/h2-5,8,10H,6-7H2,1H3,(H,21,25)/b19-8+. The number of hydrogen-bond donors (Lipinski definition) is 1. The number of aromatic nitrogens is 5. The minimum absolute atomic E-state index is 0.424. The van der Waals surface area contributed by atoms with Crippen molar-refractivity contribution < 1.29 is 0 Å². The maximum atomic E-state index is 6.52. The highest BCUT2D eigenvalue weighted by atomic mass is 35.5. The molecule has 1 aliphatic carbocycles. The van der Waals surface area contributed by atoms with Crippen LogP contribution in [0.1, 0.15) is 35.8 Å². The van der Waals surface area contributed by atoms with Gasteiger partial charge in [0.1, 0.15) is 5.15 Å². The lowest BCUT2D eigenvalue weighted by Crippen LogP contribution is -1.98. The van der Waals surface area contributed by atoms with Crippen LogP contribution in [0.5, 0.6) is 0 Å². The molecule has 1 aliphatic rings. The minimum Gasteiger partial charge on any atom is -0.250 e. The van der Waals surface area contributed by atoms with Gasteiger partial charge in [-0.3, -0.25) is 5.10 Å². The van der Waals surface area contributed by atoms with E-state index >= 15 is 0 Å². The minimum atomic E-state index is 0.424. The third-order valence-electron chi connectivity index (χ3n) is 4.05. The molecule has 0 aliphatic heterocycles. The highest BCUT2D eigenvalue weighted by Gasteiger charge is 2.29. The van der Waals surface area contributed by atoms with Crippen molar-refractivity contribution in [1.82, 2.24) is 24.7 Å². The van der Waals surface area contributed by atoms with Crippen LogP contribution in [0.15, 0.2) is 29.4 Å². The molecule has 1 fully saturated rings. The molecule has 0 atom stereocenters. The highest BCUT2D eigenvalue weighted by Crippen LogP contribution is 2.38. The Labute approximate surface area is 159 Å². The average Bonchev–Trinajstić information content (AvgIpc) is 3.31. The van der Waals surface area contributed by atoms with E-state index in [1.54, 1.807) is 21.6 Å². The summed E-state index contributed by atoms with van der Waals surface area (Å²) in [6, 6.07) is 7.40. The van der Waals surface area contributed by atoms with Crippen LogP contribution in [-0.2, 0) is 0 Å². The number of H-pyrrole nitrogens is 1. The molecule has 25 heavy (non-hydrogen) atoms. The summed E-state index contributed by atoms with van der Waals surface area (Å²) < 4.78 is 3.72. The summed E-state index contributed by atoms with van der Waals surface area (Å²) in [7, 11) is 0. The number of para-hydroxylation sites is 1. The fraction of sp³-hybridized carbons (Fsp3) is 0.250. The molecular weight excluding hydrogens is 379 g/mol. The summed E-state index contributed by atoms with van der Waals surface area (Å²) in [4.78, 5) is 0. The van der Waals surface area contributed by atoms with Gasteiger partial charge in [-0.05, 0) is 44.1 Å². The van der Waals surface area contributed by atoms with Crippen molar-refractivity contribution in [2.45, 2.75) is 25.7 Å². The monoisotopic (exact) mass is 392 g/mol. The lowest BCUT2D eigenvalue weighted by atomic mass is 10.3. The van der Waals surface area contributed by atoms with E-state index in [9.17, 15) is 0 Å². The Morgan fingerprint density at radius 3 is 2.80 bits per heavy atom. The molecule has 9 heteroatoms. The van der Waals surface area contributed by atoms with E-state index < -0.39 is 0 Å². The zero-order chi connectivity index (χ0) is 17.6. The van der Waals surface area contributed by atoms with Gasteiger partial charge in [0.15, 0.2) is 5.82 Å². The molecule has 6 nitrogen and oxygen atoms in total. The van der Waals surface area contributed by atoms with Gasteiger partial charge in [0.2, 0.25) is 4.77 Å². The maximum absolute atomic E-state index is 6.52. The second kappa shape index (κ2) is 6.40. The van der Waals surface area contributed by atoms with Gasteiger partial charge in [0.05, 0.1) is 28.2 Å². The molecule has 128 valence electrons. The van der Waals surface area contributed by atoms with Crippen LogP contribution in [-0.4, -0.2) is 30.9 Å². The number of rotatable bonds is 4. The molecule has 0 amide bonds. The fourth-order valence-corrected chi connectivity index (χ4v) is 3.29. The number of nitrogens with zero attached hydrogens (tertiary/aromatic N) is 5. The topological polar surface area (TPSA) is 63.8 Å². The zero-order valence-corrected chi connectivity index (χ0v) is 15.6. The molecule has 1 N–H and O–H groups in total. The molecule has 1 saturated carbocycles. The molecule has 4 rings (SSSR count). The molecular formula is C16H14Cl2N6S. The Bertz CT molecular complexity index is 1030. The Morgan fingerprint density at radius 1 is 1.32 bits per heavy atom. The van der Waals surface area contributed by atoms with E-state index in [4.69, 9.17) is 35.4 Å². The van der Waals surface area contributed by atoms with Gasteiger partial charge in [-0.2, -0.15) is 20.0 Å². The summed E-state index contributed by atoms with van der Waals surface area (Å²) in [5.41, 5.74) is 2.18. The Morgan fingerprint density at radius 2 is 2.08 bits per heavy atom. The Hall–Kier alpha value is -1.96. The van der Waals surface area contributed by atoms with Gasteiger partial charge < -0.3 is 0 Å². The summed E-state index contributed by atoms with van der Waals surface area (Å²) in [6.07, 6.45) is 3.88. The van der Waals surface area contributed by atoms with Crippen LogP contribution in [0.25, 0.3) is 5.69 Å². The van der Waals surface area contributed by atoms with Crippen LogP contribution in [0.3, 0.4) is 0 Å². The van der Waals surface area contributed by atoms with Crippen LogP contribution in [0, 0.1) is 11.7 Å². The normalized spacial score (nSPS) is 14.5. The van der Waals surface area contributed by atoms with Crippen LogP contribution < -0.4 is 0 Å². The van der Waals surface area contributed by atoms with E-state index in [-0.39, 0.29) is 0 Å². The number of aryl methyl sites for hydroxylation is 1. The van der Waals surface area contributed by atoms with Gasteiger partial charge in [0, 0.05) is 5.92 Å². The third-order valence-corrected chi connectivity index (χ3v) is 5.00. The van der Waals surface area contributed by atoms with E-state index in [0.717, 1.165) is 30.0 Å². The van der Waals surface area contributed by atoms with Crippen molar-refractivity contribution in [2.75, 3.05) is 0 Å². The first-order chi connectivity index (χ1) is 12.1. The molecule has 2 heterocycles. The van der Waals surface area contributed by atoms with E-state index in [1.807, 2.05) is 25.1 Å². The van der Waals surface area contributed by atoms with Gasteiger partial charge in [0.25, 0.3) is 0 Å². The summed E-state index contributed by atoms with van der Waals surface area (Å²) in [5.74, 6) is 1.28. The first kappa shape index (κ1) is 16.5. The number of halogens is 2. The first-order valence-electron chi connectivity index (χ1n) is 7.78. The predicted molar refractivity (Wildman–Crippen MR) is 101 cm³/mol. The van der Waals surface area contributed by atoms with Crippen molar-refractivity contribution in [3.63, 3.8) is 0 Å². The van der Waals surface area contributed by atoms with E-state index in [0.29, 0.717) is 26.4 Å². The Balaban J connectivity index is 1.74. The van der Waals surface area contributed by atoms with E-state index in [2.05, 4.69) is 20.4 Å². The molecule has 0 bridgehead atoms. The molecule has 0 radical (unpaired) electrons. The van der Waals surface area contributed by atoms with E-state index in [1.165, 1.54) is 0 Å². The van der Waals surface area contributed by atoms with Crippen molar-refractivity contribution in [3.8, 4) is 5.69 Å². The van der Waals surface area contributed by atoms with Crippen molar-refractivity contribution in [3.05, 3.63) is 56.3 Å². The quantitative estimate of drug-likeness (QED) is 0.524. The molecule has 2 aromatic heterocycles. The zero-order valence-electron chi connectivity index (χ0n) is 13.3. The van der Waals surface area contributed by atoms with Gasteiger partial charge in [-0.25, -0.2) is 4.68 Å². The fourth-order valence-electron chi connectivity index (χ4n) is 2.58. The Kier molecular flexibility index (Phi) is 4.23. The second-order valence-corrected chi connectivity index (χ2v) is 7.02. The highest BCUT2D eigenvalue weighted by molar-refractivity contribution is 7.71. The van der Waals surface area contributed by atoms with Crippen LogP contribution in [0.2, 0.25) is 10.2 Å². The predicted octanol–water partition coefficient (Wildman–Crippen LogP) is 4.50. The molecule has 3 aromatic rings. The van der Waals surface area contributed by atoms with Crippen LogP contribution >= 0.6 is 35.4 Å². The largest absolute Gasteiger partial charge is 0.250 e. The SMILES string of the molecule is Cc1nn(-c2ccccc2Cl)c(Cl)c1/C=N/n1c(C2CC2)n[nH]c1=S. The molecule has 0 saturated heterocycles. The van der Waals surface area contributed by atoms with Crippen molar-refractivity contribution in [1.29, 1.82) is 0 Å². The number of nitrogens with one attached hydrogen (secondary N) is 1.